The molecule has 120 valence electrons. The van der Waals surface area contributed by atoms with Crippen molar-refractivity contribution in [2.24, 2.45) is 0 Å². The predicted octanol–water partition coefficient (Wildman–Crippen LogP) is 4.84. The summed E-state index contributed by atoms with van der Waals surface area (Å²) in [5.41, 5.74) is 1.31. The Labute approximate surface area is 147 Å². The van der Waals surface area contributed by atoms with Crippen molar-refractivity contribution in [1.82, 2.24) is 9.97 Å². The van der Waals surface area contributed by atoms with Gasteiger partial charge in [0.2, 0.25) is 0 Å². The number of hydrogen-bond donors (Lipinski definition) is 1. The number of nitrogens with zero attached hydrogens (tertiary/aromatic N) is 2. The van der Waals surface area contributed by atoms with Crippen LogP contribution in [0.15, 0.2) is 54.9 Å². The van der Waals surface area contributed by atoms with E-state index in [0.717, 1.165) is 0 Å². The van der Waals surface area contributed by atoms with Gasteiger partial charge in [-0.1, -0.05) is 29.3 Å². The van der Waals surface area contributed by atoms with Crippen molar-refractivity contribution in [2.75, 3.05) is 5.32 Å². The molecule has 24 heavy (non-hydrogen) atoms. The zero-order valence-corrected chi connectivity index (χ0v) is 13.6. The van der Waals surface area contributed by atoms with Gasteiger partial charge in [-0.05, 0) is 36.4 Å². The van der Waals surface area contributed by atoms with E-state index < -0.39 is 5.91 Å². The number of amides is 1. The van der Waals surface area contributed by atoms with Gasteiger partial charge in [-0.3, -0.25) is 4.79 Å². The van der Waals surface area contributed by atoms with Gasteiger partial charge in [0.15, 0.2) is 5.82 Å². The van der Waals surface area contributed by atoms with E-state index in [2.05, 4.69) is 15.3 Å². The highest BCUT2D eigenvalue weighted by Crippen LogP contribution is 2.29. The van der Waals surface area contributed by atoms with E-state index in [1.807, 2.05) is 0 Å². The van der Waals surface area contributed by atoms with Crippen molar-refractivity contribution in [2.45, 2.75) is 0 Å². The Hall–Kier alpha value is -2.50. The summed E-state index contributed by atoms with van der Waals surface area (Å²) in [6.45, 7) is 0. The SMILES string of the molecule is O=C(Nc1cccc(Cl)c1Cl)c1cnc(-c2ccc(F)cc2)nc1. The maximum atomic E-state index is 12.9. The van der Waals surface area contributed by atoms with E-state index in [1.54, 1.807) is 30.3 Å². The summed E-state index contributed by atoms with van der Waals surface area (Å²) in [4.78, 5) is 20.5. The van der Waals surface area contributed by atoms with Crippen LogP contribution in [0.2, 0.25) is 10.0 Å². The van der Waals surface area contributed by atoms with Crippen molar-refractivity contribution in [3.05, 3.63) is 76.3 Å². The lowest BCUT2D eigenvalue weighted by Gasteiger charge is -2.08. The molecule has 4 nitrogen and oxygen atoms in total. The highest BCUT2D eigenvalue weighted by atomic mass is 35.5. The normalized spacial score (nSPS) is 10.5. The van der Waals surface area contributed by atoms with Crippen molar-refractivity contribution in [3.8, 4) is 11.4 Å². The van der Waals surface area contributed by atoms with Crippen LogP contribution in [0.5, 0.6) is 0 Å². The fourth-order valence-electron chi connectivity index (χ4n) is 1.99. The molecule has 0 saturated carbocycles. The first-order valence-electron chi connectivity index (χ1n) is 6.88. The maximum Gasteiger partial charge on any atom is 0.258 e. The second-order valence-corrected chi connectivity index (χ2v) is 5.64. The number of hydrogen-bond acceptors (Lipinski definition) is 3. The number of aromatic nitrogens is 2. The quantitative estimate of drug-likeness (QED) is 0.725. The number of anilines is 1. The van der Waals surface area contributed by atoms with Crippen molar-refractivity contribution in [3.63, 3.8) is 0 Å². The molecule has 7 heteroatoms. The van der Waals surface area contributed by atoms with Gasteiger partial charge in [0.25, 0.3) is 5.91 Å². The summed E-state index contributed by atoms with van der Waals surface area (Å²) in [7, 11) is 0. The van der Waals surface area contributed by atoms with Gasteiger partial charge in [0, 0.05) is 18.0 Å². The Morgan fingerprint density at radius 3 is 2.33 bits per heavy atom. The molecule has 0 atom stereocenters. The molecule has 2 aromatic carbocycles. The minimum Gasteiger partial charge on any atom is -0.320 e. The average Bonchev–Trinajstić information content (AvgIpc) is 2.60. The highest BCUT2D eigenvalue weighted by molar-refractivity contribution is 6.44. The van der Waals surface area contributed by atoms with Gasteiger partial charge in [-0.25, -0.2) is 14.4 Å². The number of carbonyl (C=O) groups is 1. The molecule has 1 aromatic heterocycles. The summed E-state index contributed by atoms with van der Waals surface area (Å²) in [6.07, 6.45) is 2.78. The Morgan fingerprint density at radius 2 is 1.67 bits per heavy atom. The number of nitrogens with one attached hydrogen (secondary N) is 1. The van der Waals surface area contributed by atoms with E-state index in [-0.39, 0.29) is 16.4 Å². The number of halogens is 3. The minimum absolute atomic E-state index is 0.261. The monoisotopic (exact) mass is 361 g/mol. The molecular formula is C17H10Cl2FN3O. The smallest absolute Gasteiger partial charge is 0.258 e. The van der Waals surface area contributed by atoms with Crippen molar-refractivity contribution in [1.29, 1.82) is 0 Å². The molecule has 0 radical (unpaired) electrons. The van der Waals surface area contributed by atoms with E-state index >= 15 is 0 Å². The molecule has 0 fully saturated rings. The van der Waals surface area contributed by atoms with Crippen LogP contribution in [0.4, 0.5) is 10.1 Å². The fraction of sp³-hybridized carbons (Fsp3) is 0. The first-order chi connectivity index (χ1) is 11.5. The maximum absolute atomic E-state index is 12.9. The van der Waals surface area contributed by atoms with E-state index in [4.69, 9.17) is 23.2 Å². The number of rotatable bonds is 3. The molecule has 3 aromatic rings. The molecular weight excluding hydrogens is 352 g/mol. The second kappa shape index (κ2) is 6.95. The Balaban J connectivity index is 1.79. The molecule has 1 amide bonds. The molecule has 0 aliphatic carbocycles. The predicted molar refractivity (Wildman–Crippen MR) is 91.8 cm³/mol. The van der Waals surface area contributed by atoms with E-state index in [0.29, 0.717) is 22.1 Å². The van der Waals surface area contributed by atoms with Crippen LogP contribution >= 0.6 is 23.2 Å². The Kier molecular flexibility index (Phi) is 4.74. The third-order valence-electron chi connectivity index (χ3n) is 3.22. The van der Waals surface area contributed by atoms with Crippen LogP contribution in [-0.4, -0.2) is 15.9 Å². The van der Waals surface area contributed by atoms with Crippen LogP contribution in [0.1, 0.15) is 10.4 Å². The average molecular weight is 362 g/mol. The summed E-state index contributed by atoms with van der Waals surface area (Å²) in [5, 5.41) is 3.25. The molecule has 0 unspecified atom stereocenters. The molecule has 3 rings (SSSR count). The Bertz CT molecular complexity index is 883. The minimum atomic E-state index is -0.412. The zero-order chi connectivity index (χ0) is 17.1. The molecule has 0 aliphatic heterocycles. The lowest BCUT2D eigenvalue weighted by Crippen LogP contribution is -2.13. The third-order valence-corrected chi connectivity index (χ3v) is 4.04. The third kappa shape index (κ3) is 3.53. The van der Waals surface area contributed by atoms with Gasteiger partial charge in [-0.15, -0.1) is 0 Å². The molecule has 0 saturated heterocycles. The molecule has 0 spiro atoms. The number of benzene rings is 2. The summed E-state index contributed by atoms with van der Waals surface area (Å²) in [5.74, 6) is -0.356. The molecule has 1 heterocycles. The summed E-state index contributed by atoms with van der Waals surface area (Å²) in [6, 6.07) is 10.7. The lowest BCUT2D eigenvalue weighted by atomic mass is 10.2. The highest BCUT2D eigenvalue weighted by Gasteiger charge is 2.11. The van der Waals surface area contributed by atoms with Crippen LogP contribution in [0, 0.1) is 5.82 Å². The number of carbonyl (C=O) groups excluding carboxylic acids is 1. The Morgan fingerprint density at radius 1 is 1.00 bits per heavy atom. The van der Waals surface area contributed by atoms with Gasteiger partial charge >= 0.3 is 0 Å². The van der Waals surface area contributed by atoms with Gasteiger partial charge in [-0.2, -0.15) is 0 Å². The van der Waals surface area contributed by atoms with Crippen molar-refractivity contribution >= 4 is 34.8 Å². The van der Waals surface area contributed by atoms with E-state index in [9.17, 15) is 9.18 Å². The standard InChI is InChI=1S/C17H10Cl2FN3O/c18-13-2-1-3-14(15(13)19)23-17(24)11-8-21-16(22-9-11)10-4-6-12(20)7-5-10/h1-9H,(H,23,24). The zero-order valence-electron chi connectivity index (χ0n) is 12.1. The lowest BCUT2D eigenvalue weighted by molar-refractivity contribution is 0.102. The van der Waals surface area contributed by atoms with E-state index in [1.165, 1.54) is 24.5 Å². The van der Waals surface area contributed by atoms with Crippen LogP contribution in [0.25, 0.3) is 11.4 Å². The van der Waals surface area contributed by atoms with Crippen LogP contribution < -0.4 is 5.32 Å². The topological polar surface area (TPSA) is 54.9 Å². The van der Waals surface area contributed by atoms with Crippen LogP contribution in [-0.2, 0) is 0 Å². The summed E-state index contributed by atoms with van der Waals surface area (Å²) < 4.78 is 12.9. The summed E-state index contributed by atoms with van der Waals surface area (Å²) >= 11 is 11.9. The first-order valence-corrected chi connectivity index (χ1v) is 7.63. The fourth-order valence-corrected chi connectivity index (χ4v) is 2.34. The van der Waals surface area contributed by atoms with Gasteiger partial charge < -0.3 is 5.32 Å². The largest absolute Gasteiger partial charge is 0.320 e. The van der Waals surface area contributed by atoms with Gasteiger partial charge in [0.05, 0.1) is 21.3 Å². The molecule has 0 bridgehead atoms. The second-order valence-electron chi connectivity index (χ2n) is 4.86. The molecule has 0 aliphatic rings. The van der Waals surface area contributed by atoms with Crippen molar-refractivity contribution < 1.29 is 9.18 Å². The first kappa shape index (κ1) is 16.4. The van der Waals surface area contributed by atoms with Crippen LogP contribution in [0.3, 0.4) is 0 Å². The van der Waals surface area contributed by atoms with Gasteiger partial charge in [0.1, 0.15) is 5.82 Å². The molecule has 1 N–H and O–H groups in total.